The molecule has 1 atom stereocenters. The maximum absolute atomic E-state index is 12.7. The molecule has 0 unspecified atom stereocenters. The first kappa shape index (κ1) is 19.9. The normalized spacial score (nSPS) is 30.5. The van der Waals surface area contributed by atoms with Gasteiger partial charge >= 0.3 is 5.97 Å². The van der Waals surface area contributed by atoms with E-state index >= 15 is 0 Å². The van der Waals surface area contributed by atoms with Crippen LogP contribution in [0.1, 0.15) is 62.7 Å². The van der Waals surface area contributed by atoms with Crippen molar-refractivity contribution in [1.29, 1.82) is 0 Å². The summed E-state index contributed by atoms with van der Waals surface area (Å²) < 4.78 is 10.7. The number of esters is 1. The van der Waals surface area contributed by atoms with E-state index in [-0.39, 0.29) is 23.8 Å². The molecule has 1 aromatic carbocycles. The molecule has 1 aromatic rings. The Morgan fingerprint density at radius 2 is 1.59 bits per heavy atom. The molecular formula is C23H29NO5. The van der Waals surface area contributed by atoms with Gasteiger partial charge in [0.2, 0.25) is 0 Å². The predicted octanol–water partition coefficient (Wildman–Crippen LogP) is 3.28. The number of hydrogen-bond acceptors (Lipinski definition) is 5. The van der Waals surface area contributed by atoms with Crippen LogP contribution in [0, 0.1) is 17.8 Å². The van der Waals surface area contributed by atoms with Gasteiger partial charge in [-0.25, -0.2) is 4.79 Å². The standard InChI is InChI=1S/C23H29NO5/c1-14(25)19-3-5-20(6-4-19)28-13-21(26)29-15(2)22(27)24-23-10-16-7-17(11-23)9-18(8-16)12-23/h3-6,15-18H,7-13H2,1-2H3,(H,24,27)/t15-,16?,17?,18?,23?/m0/s1. The van der Waals surface area contributed by atoms with Crippen molar-refractivity contribution in [2.45, 2.75) is 64.0 Å². The minimum atomic E-state index is -0.848. The maximum atomic E-state index is 12.7. The SMILES string of the molecule is CC(=O)c1ccc(OCC(=O)O[C@@H](C)C(=O)NC23CC4CC(CC(C4)C2)C3)cc1. The molecule has 6 heteroatoms. The molecule has 6 nitrogen and oxygen atoms in total. The fourth-order valence-electron chi connectivity index (χ4n) is 5.84. The van der Waals surface area contributed by atoms with E-state index in [9.17, 15) is 14.4 Å². The van der Waals surface area contributed by atoms with Gasteiger partial charge in [-0.1, -0.05) is 0 Å². The second kappa shape index (κ2) is 7.81. The molecule has 0 saturated heterocycles. The highest BCUT2D eigenvalue weighted by Gasteiger charge is 2.51. The Hall–Kier alpha value is -2.37. The van der Waals surface area contributed by atoms with Crippen LogP contribution < -0.4 is 10.1 Å². The third-order valence-electron chi connectivity index (χ3n) is 6.72. The van der Waals surface area contributed by atoms with Gasteiger partial charge < -0.3 is 14.8 Å². The van der Waals surface area contributed by atoms with Crippen LogP contribution in [0.25, 0.3) is 0 Å². The Morgan fingerprint density at radius 3 is 2.10 bits per heavy atom. The van der Waals surface area contributed by atoms with Crippen LogP contribution in [0.4, 0.5) is 0 Å². The number of rotatable bonds is 7. The van der Waals surface area contributed by atoms with E-state index in [1.807, 2.05) is 0 Å². The number of benzene rings is 1. The van der Waals surface area contributed by atoms with Gasteiger partial charge in [0.25, 0.3) is 5.91 Å². The van der Waals surface area contributed by atoms with Crippen LogP contribution in [0.3, 0.4) is 0 Å². The second-order valence-corrected chi connectivity index (χ2v) is 9.19. The summed E-state index contributed by atoms with van der Waals surface area (Å²) in [7, 11) is 0. The van der Waals surface area contributed by atoms with Crippen LogP contribution in [-0.4, -0.2) is 35.9 Å². The van der Waals surface area contributed by atoms with Crippen molar-refractivity contribution < 1.29 is 23.9 Å². The summed E-state index contributed by atoms with van der Waals surface area (Å²) in [5, 5.41) is 3.23. The number of hydrogen-bond donors (Lipinski definition) is 1. The molecule has 0 aliphatic heterocycles. The summed E-state index contributed by atoms with van der Waals surface area (Å²) in [5.41, 5.74) is 0.483. The summed E-state index contributed by atoms with van der Waals surface area (Å²) in [5.74, 6) is 1.85. The molecule has 0 aromatic heterocycles. The smallest absolute Gasteiger partial charge is 0.344 e. The predicted molar refractivity (Wildman–Crippen MR) is 107 cm³/mol. The van der Waals surface area contributed by atoms with E-state index in [2.05, 4.69) is 5.32 Å². The number of Topliss-reactive ketones (excluding diaryl/α,β-unsaturated/α-hetero) is 1. The van der Waals surface area contributed by atoms with Gasteiger partial charge in [0.1, 0.15) is 5.75 Å². The first-order valence-electron chi connectivity index (χ1n) is 10.6. The lowest BCUT2D eigenvalue weighted by atomic mass is 9.53. The topological polar surface area (TPSA) is 81.7 Å². The fraction of sp³-hybridized carbons (Fsp3) is 0.609. The Morgan fingerprint density at radius 1 is 1.03 bits per heavy atom. The van der Waals surface area contributed by atoms with Gasteiger partial charge in [-0.05, 0) is 94.4 Å². The van der Waals surface area contributed by atoms with Crippen molar-refractivity contribution in [1.82, 2.24) is 5.32 Å². The molecular weight excluding hydrogens is 370 g/mol. The average Bonchev–Trinajstić information content (AvgIpc) is 2.65. The highest BCUT2D eigenvalue weighted by molar-refractivity contribution is 5.94. The van der Waals surface area contributed by atoms with E-state index in [0.29, 0.717) is 11.3 Å². The average molecular weight is 399 g/mol. The van der Waals surface area contributed by atoms with E-state index in [4.69, 9.17) is 9.47 Å². The number of ether oxygens (including phenoxy) is 2. The Bertz CT molecular complexity index is 765. The molecule has 4 saturated carbocycles. The van der Waals surface area contributed by atoms with Crippen molar-refractivity contribution in [3.8, 4) is 5.75 Å². The largest absolute Gasteiger partial charge is 0.482 e. The number of amides is 1. The first-order chi connectivity index (χ1) is 13.8. The van der Waals surface area contributed by atoms with Gasteiger partial charge in [-0.2, -0.15) is 0 Å². The fourth-order valence-corrected chi connectivity index (χ4v) is 5.84. The van der Waals surface area contributed by atoms with Crippen LogP contribution in [0.2, 0.25) is 0 Å². The molecule has 1 amide bonds. The number of carbonyl (C=O) groups is 3. The lowest BCUT2D eigenvalue weighted by Gasteiger charge is -2.57. The van der Waals surface area contributed by atoms with Crippen molar-refractivity contribution in [2.75, 3.05) is 6.61 Å². The summed E-state index contributed by atoms with van der Waals surface area (Å²) in [6.07, 6.45) is 6.26. The third kappa shape index (κ3) is 4.46. The summed E-state index contributed by atoms with van der Waals surface area (Å²) in [4.78, 5) is 36.1. The molecule has 4 aliphatic carbocycles. The molecule has 4 bridgehead atoms. The van der Waals surface area contributed by atoms with Crippen LogP contribution in [-0.2, 0) is 14.3 Å². The van der Waals surface area contributed by atoms with Crippen LogP contribution in [0.5, 0.6) is 5.75 Å². The second-order valence-electron chi connectivity index (χ2n) is 9.19. The Kier molecular flexibility index (Phi) is 5.36. The highest BCUT2D eigenvalue weighted by Crippen LogP contribution is 2.55. The van der Waals surface area contributed by atoms with Gasteiger partial charge in [0.05, 0.1) is 0 Å². The zero-order valence-electron chi connectivity index (χ0n) is 17.1. The number of carbonyl (C=O) groups excluding carboxylic acids is 3. The molecule has 0 heterocycles. The summed E-state index contributed by atoms with van der Waals surface area (Å²) in [6, 6.07) is 6.55. The summed E-state index contributed by atoms with van der Waals surface area (Å²) in [6.45, 7) is 2.81. The van der Waals surface area contributed by atoms with E-state index < -0.39 is 12.1 Å². The molecule has 5 rings (SSSR count). The molecule has 156 valence electrons. The minimum absolute atomic E-state index is 0.0326. The van der Waals surface area contributed by atoms with Crippen molar-refractivity contribution >= 4 is 17.7 Å². The van der Waals surface area contributed by atoms with Gasteiger partial charge in [-0.3, -0.25) is 9.59 Å². The number of ketones is 1. The first-order valence-corrected chi connectivity index (χ1v) is 10.6. The maximum Gasteiger partial charge on any atom is 0.344 e. The molecule has 1 N–H and O–H groups in total. The molecule has 0 radical (unpaired) electrons. The van der Waals surface area contributed by atoms with Gasteiger partial charge in [0.15, 0.2) is 18.5 Å². The molecule has 29 heavy (non-hydrogen) atoms. The zero-order chi connectivity index (χ0) is 20.6. The van der Waals surface area contributed by atoms with Crippen LogP contribution in [0.15, 0.2) is 24.3 Å². The highest BCUT2D eigenvalue weighted by atomic mass is 16.6. The van der Waals surface area contributed by atoms with Crippen molar-refractivity contribution in [2.24, 2.45) is 17.8 Å². The van der Waals surface area contributed by atoms with Crippen molar-refractivity contribution in [3.63, 3.8) is 0 Å². The Labute approximate surface area is 171 Å². The zero-order valence-corrected chi connectivity index (χ0v) is 17.1. The summed E-state index contributed by atoms with van der Waals surface area (Å²) >= 11 is 0. The lowest BCUT2D eigenvalue weighted by Crippen LogP contribution is -2.61. The van der Waals surface area contributed by atoms with E-state index in [1.54, 1.807) is 31.2 Å². The van der Waals surface area contributed by atoms with Gasteiger partial charge in [0, 0.05) is 11.1 Å². The quantitative estimate of drug-likeness (QED) is 0.562. The van der Waals surface area contributed by atoms with Gasteiger partial charge in [-0.15, -0.1) is 0 Å². The lowest BCUT2D eigenvalue weighted by molar-refractivity contribution is -0.158. The molecule has 4 aliphatic rings. The van der Waals surface area contributed by atoms with E-state index in [0.717, 1.165) is 37.0 Å². The molecule has 0 spiro atoms. The Balaban J connectivity index is 1.25. The number of nitrogens with one attached hydrogen (secondary N) is 1. The van der Waals surface area contributed by atoms with Crippen molar-refractivity contribution in [3.05, 3.63) is 29.8 Å². The molecule has 4 fully saturated rings. The van der Waals surface area contributed by atoms with Crippen LogP contribution >= 0.6 is 0 Å². The minimum Gasteiger partial charge on any atom is -0.482 e. The third-order valence-corrected chi connectivity index (χ3v) is 6.72. The van der Waals surface area contributed by atoms with E-state index in [1.165, 1.54) is 26.2 Å². The monoisotopic (exact) mass is 399 g/mol.